The second-order valence-electron chi connectivity index (χ2n) is 15.6. The third kappa shape index (κ3) is 14.0. The Labute approximate surface area is 398 Å². The standard InChI is InChI=1S/C42H60N9O9.3BrH/c1-7-49(8-2,31-34-13-19-37(20-14-34)46(55)56)28-25-43-40(52)44(26-29-50(9-3,10-4)32-35-15-21-38(22-16-35)47(57)58)42(54)45(41(43)53)27-30-51(11-5,12-6)33-36-17-23-39(24-18-36)48(59)60;;;/h13-24H,7-12,25-33H2,1-6H3;3*1H/q+3;;;/p-3. The van der Waals surface area contributed by atoms with Gasteiger partial charge in [0.1, 0.15) is 19.6 Å². The van der Waals surface area contributed by atoms with Gasteiger partial charge in [0.15, 0.2) is 0 Å². The number of hydrogen-bond acceptors (Lipinski definition) is 9. The zero-order valence-electron chi connectivity index (χ0n) is 36.9. The van der Waals surface area contributed by atoms with E-state index in [2.05, 4.69) is 0 Å². The molecule has 348 valence electrons. The van der Waals surface area contributed by atoms with Crippen molar-refractivity contribution < 1.29 is 79.2 Å². The second-order valence-corrected chi connectivity index (χ2v) is 15.6. The lowest BCUT2D eigenvalue weighted by Gasteiger charge is -2.38. The van der Waals surface area contributed by atoms with Crippen molar-refractivity contribution in [3.05, 3.63) is 151 Å². The third-order valence-corrected chi connectivity index (χ3v) is 12.8. The highest BCUT2D eigenvalue weighted by molar-refractivity contribution is 5.34. The second kappa shape index (κ2) is 25.2. The number of likely N-dealkylation sites (N-methyl/N-ethyl adjacent to an activating group) is 3. The molecule has 1 aromatic heterocycles. The van der Waals surface area contributed by atoms with Crippen LogP contribution in [0.3, 0.4) is 0 Å². The molecule has 18 nitrogen and oxygen atoms in total. The molecule has 4 rings (SSSR count). The Morgan fingerprint density at radius 2 is 0.587 bits per heavy atom. The lowest BCUT2D eigenvalue weighted by molar-refractivity contribution is -0.938. The van der Waals surface area contributed by atoms with Crippen LogP contribution in [0.2, 0.25) is 0 Å². The highest BCUT2D eigenvalue weighted by Crippen LogP contribution is 2.21. The van der Waals surface area contributed by atoms with Gasteiger partial charge >= 0.3 is 17.1 Å². The molecule has 0 unspecified atom stereocenters. The van der Waals surface area contributed by atoms with Gasteiger partial charge in [-0.15, -0.1) is 0 Å². The summed E-state index contributed by atoms with van der Waals surface area (Å²) in [5.41, 5.74) is 0.511. The molecular weight excluding hydrogens is 1010 g/mol. The van der Waals surface area contributed by atoms with Crippen molar-refractivity contribution in [2.45, 2.75) is 80.8 Å². The number of aromatic nitrogens is 3. The van der Waals surface area contributed by atoms with Crippen molar-refractivity contribution in [2.24, 2.45) is 0 Å². The molecule has 0 N–H and O–H groups in total. The van der Waals surface area contributed by atoms with Crippen molar-refractivity contribution >= 4 is 17.1 Å². The average molecular weight is 1070 g/mol. The molecule has 0 aliphatic heterocycles. The summed E-state index contributed by atoms with van der Waals surface area (Å²) in [4.78, 5) is 75.8. The van der Waals surface area contributed by atoms with Crippen molar-refractivity contribution in [3.8, 4) is 0 Å². The van der Waals surface area contributed by atoms with Gasteiger partial charge in [-0.3, -0.25) is 30.3 Å². The van der Waals surface area contributed by atoms with Crippen LogP contribution in [0.4, 0.5) is 17.1 Å². The molecule has 1 heterocycles. The highest BCUT2D eigenvalue weighted by Gasteiger charge is 2.30. The number of quaternary nitrogens is 3. The van der Waals surface area contributed by atoms with Crippen LogP contribution in [0.15, 0.2) is 87.2 Å². The van der Waals surface area contributed by atoms with Gasteiger partial charge in [-0.1, -0.05) is 0 Å². The van der Waals surface area contributed by atoms with Gasteiger partial charge in [0.2, 0.25) is 0 Å². The zero-order chi connectivity index (χ0) is 44.3. The molecule has 0 fully saturated rings. The zero-order valence-corrected chi connectivity index (χ0v) is 41.6. The summed E-state index contributed by atoms with van der Waals surface area (Å²) in [6.07, 6.45) is 0. The minimum atomic E-state index is -0.694. The first kappa shape index (κ1) is 56.6. The van der Waals surface area contributed by atoms with Crippen LogP contribution in [0.25, 0.3) is 0 Å². The maximum atomic E-state index is 14.4. The van der Waals surface area contributed by atoms with E-state index in [0.29, 0.717) is 92.0 Å². The first-order valence-corrected chi connectivity index (χ1v) is 20.7. The number of nitrogens with zero attached hydrogens (tertiary/aromatic N) is 9. The minimum absolute atomic E-state index is 0. The maximum Gasteiger partial charge on any atom is 0.336 e. The van der Waals surface area contributed by atoms with E-state index in [0.717, 1.165) is 16.7 Å². The molecule has 3 aromatic carbocycles. The minimum Gasteiger partial charge on any atom is -1.00 e. The van der Waals surface area contributed by atoms with E-state index in [1.54, 1.807) is 36.4 Å². The first-order chi connectivity index (χ1) is 28.5. The fourth-order valence-corrected chi connectivity index (χ4v) is 8.05. The maximum absolute atomic E-state index is 14.4. The van der Waals surface area contributed by atoms with Crippen LogP contribution in [0, 0.1) is 30.3 Å². The quantitative estimate of drug-likeness (QED) is 0.0383. The molecule has 63 heavy (non-hydrogen) atoms. The highest BCUT2D eigenvalue weighted by atomic mass is 79.9. The van der Waals surface area contributed by atoms with Crippen molar-refractivity contribution in [3.63, 3.8) is 0 Å². The first-order valence-electron chi connectivity index (χ1n) is 20.7. The Kier molecular flexibility index (Phi) is 22.6. The van der Waals surface area contributed by atoms with Crippen LogP contribution >= 0.6 is 0 Å². The number of rotatable bonds is 24. The summed E-state index contributed by atoms with van der Waals surface area (Å²) in [7, 11) is 0. The van der Waals surface area contributed by atoms with Crippen molar-refractivity contribution in [1.29, 1.82) is 0 Å². The van der Waals surface area contributed by atoms with E-state index in [1.165, 1.54) is 50.1 Å². The summed E-state index contributed by atoms with van der Waals surface area (Å²) < 4.78 is 4.93. The van der Waals surface area contributed by atoms with Crippen LogP contribution in [0.1, 0.15) is 58.2 Å². The predicted molar refractivity (Wildman–Crippen MR) is 228 cm³/mol. The summed E-state index contributed by atoms with van der Waals surface area (Å²) in [6, 6.07) is 19.1. The summed E-state index contributed by atoms with van der Waals surface area (Å²) in [6.45, 7) is 18.8. The van der Waals surface area contributed by atoms with Crippen molar-refractivity contribution in [1.82, 2.24) is 13.7 Å². The van der Waals surface area contributed by atoms with Gasteiger partial charge in [-0.05, 0) is 77.9 Å². The van der Waals surface area contributed by atoms with Gasteiger partial charge < -0.3 is 64.4 Å². The summed E-state index contributed by atoms with van der Waals surface area (Å²) in [5, 5.41) is 33.8. The van der Waals surface area contributed by atoms with Crippen LogP contribution in [-0.4, -0.2) is 101 Å². The molecule has 0 radical (unpaired) electrons. The number of nitro benzene ring substituents is 3. The van der Waals surface area contributed by atoms with Gasteiger partial charge in [0, 0.05) is 53.1 Å². The fourth-order valence-electron chi connectivity index (χ4n) is 8.05. The van der Waals surface area contributed by atoms with Crippen LogP contribution in [-0.2, 0) is 39.3 Å². The summed E-state index contributed by atoms with van der Waals surface area (Å²) in [5.74, 6) is 0. The van der Waals surface area contributed by atoms with E-state index < -0.39 is 31.8 Å². The molecule has 4 aromatic rings. The van der Waals surface area contributed by atoms with Gasteiger partial charge in [-0.2, -0.15) is 0 Å². The third-order valence-electron chi connectivity index (χ3n) is 12.8. The Morgan fingerprint density at radius 1 is 0.397 bits per heavy atom. The molecule has 0 saturated heterocycles. The lowest BCUT2D eigenvalue weighted by atomic mass is 10.1. The lowest BCUT2D eigenvalue weighted by Crippen LogP contribution is -3.00. The van der Waals surface area contributed by atoms with Crippen molar-refractivity contribution in [2.75, 3.05) is 58.9 Å². The van der Waals surface area contributed by atoms with E-state index >= 15 is 0 Å². The number of non-ortho nitro benzene ring substituents is 3. The Morgan fingerprint density at radius 3 is 0.746 bits per heavy atom. The average Bonchev–Trinajstić information content (AvgIpc) is 3.25. The normalized spacial score (nSPS) is 11.5. The monoisotopic (exact) mass is 1070 g/mol. The van der Waals surface area contributed by atoms with Crippen LogP contribution < -0.4 is 68.0 Å². The molecule has 0 aliphatic rings. The van der Waals surface area contributed by atoms with E-state index in [9.17, 15) is 44.7 Å². The molecule has 0 spiro atoms. The number of benzene rings is 3. The topological polar surface area (TPSA) is 195 Å². The van der Waals surface area contributed by atoms with E-state index in [4.69, 9.17) is 0 Å². The summed E-state index contributed by atoms with van der Waals surface area (Å²) >= 11 is 0. The SMILES string of the molecule is CC[N+](CC)(CCn1c(=O)n(CC[N+](CC)(CC)Cc2ccc([N+](=O)[O-])cc2)c(=O)n(CC[N+](CC)(CC)Cc2ccc([N+](=O)[O-])cc2)c1=O)Cc1ccc([N+](=O)[O-])cc1.[Br-].[Br-].[Br-]. The Balaban J connectivity index is 0.00000661. The fraction of sp³-hybridized carbons (Fsp3) is 0.500. The molecule has 0 saturated carbocycles. The molecule has 0 aliphatic carbocycles. The smallest absolute Gasteiger partial charge is 0.336 e. The molecule has 0 amide bonds. The molecule has 21 heteroatoms. The number of nitro groups is 3. The largest absolute Gasteiger partial charge is 1.00 e. The Bertz CT molecular complexity index is 2000. The van der Waals surface area contributed by atoms with Gasteiger partial charge in [0.05, 0.1) is 93.3 Å². The molecular formula is C42H60Br3N9O9. The molecule has 0 bridgehead atoms. The van der Waals surface area contributed by atoms with Crippen LogP contribution in [0.5, 0.6) is 0 Å². The van der Waals surface area contributed by atoms with Gasteiger partial charge in [-0.25, -0.2) is 28.1 Å². The Hall–Kier alpha value is -4.41. The number of hydrogen-bond donors (Lipinski definition) is 0. The number of halogens is 3. The van der Waals surface area contributed by atoms with E-state index in [1.807, 2.05) is 41.5 Å². The van der Waals surface area contributed by atoms with E-state index in [-0.39, 0.29) is 87.6 Å². The molecule has 0 atom stereocenters. The predicted octanol–water partition coefficient (Wildman–Crippen LogP) is -3.92. The van der Waals surface area contributed by atoms with Gasteiger partial charge in [0.25, 0.3) is 17.1 Å².